The van der Waals surface area contributed by atoms with Gasteiger partial charge >= 0.3 is 0 Å². The second-order valence-corrected chi connectivity index (χ2v) is 3.72. The van der Waals surface area contributed by atoms with Crippen molar-refractivity contribution < 1.29 is 9.21 Å². The highest BCUT2D eigenvalue weighted by atomic mass is 16.3. The third-order valence-electron chi connectivity index (χ3n) is 2.50. The molecule has 0 fully saturated rings. The molecule has 1 aromatic carbocycles. The van der Waals surface area contributed by atoms with Gasteiger partial charge in [-0.3, -0.25) is 4.79 Å². The number of nitrogens with two attached hydrogens (primary N) is 1. The SMILES string of the molecule is NCc1ccc(CNC(=O)c2ccoc2)cc1. The van der Waals surface area contributed by atoms with E-state index in [9.17, 15) is 4.79 Å². The van der Waals surface area contributed by atoms with Gasteiger partial charge in [0, 0.05) is 13.1 Å². The molecular formula is C13H14N2O2. The molecule has 0 radical (unpaired) electrons. The molecule has 0 saturated heterocycles. The number of nitrogens with one attached hydrogen (secondary N) is 1. The largest absolute Gasteiger partial charge is 0.472 e. The Morgan fingerprint density at radius 3 is 2.47 bits per heavy atom. The van der Waals surface area contributed by atoms with E-state index < -0.39 is 0 Å². The van der Waals surface area contributed by atoms with Crippen molar-refractivity contribution in [3.8, 4) is 0 Å². The number of carbonyl (C=O) groups excluding carboxylic acids is 1. The molecule has 0 aliphatic rings. The minimum Gasteiger partial charge on any atom is -0.472 e. The molecule has 0 unspecified atom stereocenters. The van der Waals surface area contributed by atoms with Crippen LogP contribution in [-0.2, 0) is 13.1 Å². The highest BCUT2D eigenvalue weighted by Crippen LogP contribution is 2.04. The van der Waals surface area contributed by atoms with Gasteiger partial charge in [-0.05, 0) is 17.2 Å². The molecule has 1 heterocycles. The summed E-state index contributed by atoms with van der Waals surface area (Å²) < 4.78 is 4.84. The summed E-state index contributed by atoms with van der Waals surface area (Å²) in [5.74, 6) is -0.137. The van der Waals surface area contributed by atoms with Crippen LogP contribution in [0.2, 0.25) is 0 Å². The molecule has 0 spiro atoms. The number of amides is 1. The van der Waals surface area contributed by atoms with Crippen LogP contribution in [0.3, 0.4) is 0 Å². The van der Waals surface area contributed by atoms with Crippen molar-refractivity contribution in [1.82, 2.24) is 5.32 Å². The quantitative estimate of drug-likeness (QED) is 0.839. The molecule has 0 aliphatic heterocycles. The number of benzene rings is 1. The highest BCUT2D eigenvalue weighted by Gasteiger charge is 2.05. The Bertz CT molecular complexity index is 475. The summed E-state index contributed by atoms with van der Waals surface area (Å²) in [6.07, 6.45) is 2.90. The normalized spacial score (nSPS) is 10.2. The Balaban J connectivity index is 1.91. The molecule has 4 heteroatoms. The van der Waals surface area contributed by atoms with E-state index >= 15 is 0 Å². The molecule has 0 saturated carbocycles. The summed E-state index contributed by atoms with van der Waals surface area (Å²) in [6.45, 7) is 1.02. The Hall–Kier alpha value is -2.07. The van der Waals surface area contributed by atoms with Crippen molar-refractivity contribution in [2.24, 2.45) is 5.73 Å². The van der Waals surface area contributed by atoms with E-state index in [1.165, 1.54) is 12.5 Å². The number of hydrogen-bond acceptors (Lipinski definition) is 3. The fourth-order valence-corrected chi connectivity index (χ4v) is 1.47. The van der Waals surface area contributed by atoms with Crippen LogP contribution in [0.5, 0.6) is 0 Å². The summed E-state index contributed by atoms with van der Waals surface area (Å²) in [5.41, 5.74) is 8.16. The third-order valence-corrected chi connectivity index (χ3v) is 2.50. The van der Waals surface area contributed by atoms with Crippen LogP contribution < -0.4 is 11.1 Å². The van der Waals surface area contributed by atoms with Crippen LogP contribution >= 0.6 is 0 Å². The lowest BCUT2D eigenvalue weighted by molar-refractivity contribution is 0.0950. The van der Waals surface area contributed by atoms with Crippen LogP contribution in [-0.4, -0.2) is 5.91 Å². The van der Waals surface area contributed by atoms with Crippen LogP contribution in [0, 0.1) is 0 Å². The molecule has 2 aromatic rings. The van der Waals surface area contributed by atoms with Crippen molar-refractivity contribution in [2.75, 3.05) is 0 Å². The summed E-state index contributed by atoms with van der Waals surface area (Å²) in [5, 5.41) is 2.81. The maximum atomic E-state index is 11.6. The maximum absolute atomic E-state index is 11.6. The Kier molecular flexibility index (Phi) is 3.57. The lowest BCUT2D eigenvalue weighted by Gasteiger charge is -2.04. The van der Waals surface area contributed by atoms with Gasteiger partial charge in [0.1, 0.15) is 6.26 Å². The zero-order valence-electron chi connectivity index (χ0n) is 9.35. The molecule has 88 valence electrons. The smallest absolute Gasteiger partial charge is 0.254 e. The van der Waals surface area contributed by atoms with Gasteiger partial charge < -0.3 is 15.5 Å². The molecule has 17 heavy (non-hydrogen) atoms. The predicted molar refractivity (Wildman–Crippen MR) is 64.2 cm³/mol. The van der Waals surface area contributed by atoms with Gasteiger partial charge in [0.15, 0.2) is 0 Å². The second-order valence-electron chi connectivity index (χ2n) is 3.72. The van der Waals surface area contributed by atoms with Crippen LogP contribution in [0.15, 0.2) is 47.3 Å². The first-order valence-electron chi connectivity index (χ1n) is 5.38. The number of furan rings is 1. The van der Waals surface area contributed by atoms with E-state index in [1.54, 1.807) is 6.07 Å². The van der Waals surface area contributed by atoms with Gasteiger partial charge in [0.05, 0.1) is 11.8 Å². The van der Waals surface area contributed by atoms with E-state index in [-0.39, 0.29) is 5.91 Å². The Morgan fingerprint density at radius 2 is 1.88 bits per heavy atom. The fraction of sp³-hybridized carbons (Fsp3) is 0.154. The average molecular weight is 230 g/mol. The lowest BCUT2D eigenvalue weighted by atomic mass is 10.1. The zero-order valence-corrected chi connectivity index (χ0v) is 9.35. The standard InChI is InChI=1S/C13H14N2O2/c14-7-10-1-3-11(4-2-10)8-15-13(16)12-5-6-17-9-12/h1-6,9H,7-8,14H2,(H,15,16). The van der Waals surface area contributed by atoms with Gasteiger partial charge in [-0.2, -0.15) is 0 Å². The van der Waals surface area contributed by atoms with Crippen molar-refractivity contribution >= 4 is 5.91 Å². The van der Waals surface area contributed by atoms with Crippen LogP contribution in [0.4, 0.5) is 0 Å². The first-order chi connectivity index (χ1) is 8.29. The lowest BCUT2D eigenvalue weighted by Crippen LogP contribution is -2.22. The molecule has 2 rings (SSSR count). The minimum atomic E-state index is -0.137. The van der Waals surface area contributed by atoms with Gasteiger partial charge in [-0.15, -0.1) is 0 Å². The van der Waals surface area contributed by atoms with E-state index in [2.05, 4.69) is 5.32 Å². The van der Waals surface area contributed by atoms with Gasteiger partial charge in [0.2, 0.25) is 0 Å². The zero-order chi connectivity index (χ0) is 12.1. The Labute approximate surface area is 99.4 Å². The maximum Gasteiger partial charge on any atom is 0.254 e. The first-order valence-corrected chi connectivity index (χ1v) is 5.38. The molecule has 0 atom stereocenters. The van der Waals surface area contributed by atoms with E-state index in [0.29, 0.717) is 18.7 Å². The van der Waals surface area contributed by atoms with E-state index in [0.717, 1.165) is 11.1 Å². The van der Waals surface area contributed by atoms with Crippen molar-refractivity contribution in [2.45, 2.75) is 13.1 Å². The number of rotatable bonds is 4. The number of carbonyl (C=O) groups is 1. The monoisotopic (exact) mass is 230 g/mol. The van der Waals surface area contributed by atoms with E-state index in [4.69, 9.17) is 10.2 Å². The Morgan fingerprint density at radius 1 is 1.18 bits per heavy atom. The van der Waals surface area contributed by atoms with Crippen LogP contribution in [0.1, 0.15) is 21.5 Å². The molecular weight excluding hydrogens is 216 g/mol. The van der Waals surface area contributed by atoms with Gasteiger partial charge in [0.25, 0.3) is 5.91 Å². The van der Waals surface area contributed by atoms with Crippen LogP contribution in [0.25, 0.3) is 0 Å². The number of hydrogen-bond donors (Lipinski definition) is 2. The first kappa shape index (κ1) is 11.4. The van der Waals surface area contributed by atoms with Crippen molar-refractivity contribution in [3.63, 3.8) is 0 Å². The average Bonchev–Trinajstić information content (AvgIpc) is 2.90. The summed E-state index contributed by atoms with van der Waals surface area (Å²) in [4.78, 5) is 11.6. The molecule has 0 aliphatic carbocycles. The third kappa shape index (κ3) is 2.95. The topological polar surface area (TPSA) is 68.3 Å². The summed E-state index contributed by atoms with van der Waals surface area (Å²) >= 11 is 0. The highest BCUT2D eigenvalue weighted by molar-refractivity contribution is 5.93. The molecule has 0 bridgehead atoms. The minimum absolute atomic E-state index is 0.137. The molecule has 1 amide bonds. The molecule has 1 aromatic heterocycles. The van der Waals surface area contributed by atoms with E-state index in [1.807, 2.05) is 24.3 Å². The summed E-state index contributed by atoms with van der Waals surface area (Å²) in [6, 6.07) is 9.46. The second kappa shape index (κ2) is 5.32. The van der Waals surface area contributed by atoms with Crippen molar-refractivity contribution in [3.05, 3.63) is 59.5 Å². The predicted octanol–water partition coefficient (Wildman–Crippen LogP) is 1.67. The van der Waals surface area contributed by atoms with Gasteiger partial charge in [-0.25, -0.2) is 0 Å². The molecule has 3 N–H and O–H groups in total. The van der Waals surface area contributed by atoms with Gasteiger partial charge in [-0.1, -0.05) is 24.3 Å². The fourth-order valence-electron chi connectivity index (χ4n) is 1.47. The van der Waals surface area contributed by atoms with Crippen molar-refractivity contribution in [1.29, 1.82) is 0 Å². The summed E-state index contributed by atoms with van der Waals surface area (Å²) in [7, 11) is 0. The molecule has 4 nitrogen and oxygen atoms in total.